The molecular weight excluding hydrogens is 252 g/mol. The van der Waals surface area contributed by atoms with E-state index in [0.717, 1.165) is 6.07 Å². The number of benzene rings is 1. The zero-order chi connectivity index (χ0) is 13.7. The SMILES string of the molecule is OCCCNc1ncc(-c2ccc(F)cc2F)cn1. The van der Waals surface area contributed by atoms with E-state index in [1.54, 1.807) is 0 Å². The van der Waals surface area contributed by atoms with E-state index in [0.29, 0.717) is 24.5 Å². The van der Waals surface area contributed by atoms with Gasteiger partial charge in [-0.15, -0.1) is 0 Å². The van der Waals surface area contributed by atoms with Gasteiger partial charge in [0.15, 0.2) is 0 Å². The molecule has 0 saturated heterocycles. The van der Waals surface area contributed by atoms with E-state index in [1.165, 1.54) is 24.5 Å². The van der Waals surface area contributed by atoms with E-state index >= 15 is 0 Å². The first kappa shape index (κ1) is 13.4. The Balaban J connectivity index is 2.13. The molecule has 0 radical (unpaired) electrons. The molecule has 0 bridgehead atoms. The van der Waals surface area contributed by atoms with Crippen LogP contribution in [-0.2, 0) is 0 Å². The van der Waals surface area contributed by atoms with Gasteiger partial charge in [-0.2, -0.15) is 0 Å². The van der Waals surface area contributed by atoms with Crippen LogP contribution in [0.3, 0.4) is 0 Å². The maximum absolute atomic E-state index is 13.5. The lowest BCUT2D eigenvalue weighted by Crippen LogP contribution is -2.06. The summed E-state index contributed by atoms with van der Waals surface area (Å²) >= 11 is 0. The number of rotatable bonds is 5. The van der Waals surface area contributed by atoms with Crippen LogP contribution in [-0.4, -0.2) is 28.2 Å². The molecule has 0 aliphatic heterocycles. The van der Waals surface area contributed by atoms with Crippen molar-refractivity contribution in [2.24, 2.45) is 0 Å². The van der Waals surface area contributed by atoms with Gasteiger partial charge in [-0.1, -0.05) is 0 Å². The number of nitrogens with zero attached hydrogens (tertiary/aromatic N) is 2. The highest BCUT2D eigenvalue weighted by Crippen LogP contribution is 2.22. The summed E-state index contributed by atoms with van der Waals surface area (Å²) in [6, 6.07) is 3.36. The second-order valence-corrected chi connectivity index (χ2v) is 3.92. The minimum absolute atomic E-state index is 0.0892. The van der Waals surface area contributed by atoms with Crippen LogP contribution >= 0.6 is 0 Å². The maximum atomic E-state index is 13.5. The summed E-state index contributed by atoms with van der Waals surface area (Å²) in [6.07, 6.45) is 3.52. The molecule has 6 heteroatoms. The van der Waals surface area contributed by atoms with Crippen LogP contribution in [0.5, 0.6) is 0 Å². The molecule has 1 aromatic heterocycles. The zero-order valence-electron chi connectivity index (χ0n) is 10.1. The number of nitrogens with one attached hydrogen (secondary N) is 1. The standard InChI is InChI=1S/C13H13F2N3O/c14-10-2-3-11(12(15)6-10)9-7-17-13(18-8-9)16-4-1-5-19/h2-3,6-8,19H,1,4-5H2,(H,16,17,18). The second-order valence-electron chi connectivity index (χ2n) is 3.92. The van der Waals surface area contributed by atoms with E-state index < -0.39 is 11.6 Å². The predicted octanol–water partition coefficient (Wildman–Crippen LogP) is 2.22. The number of hydrogen-bond acceptors (Lipinski definition) is 4. The first-order chi connectivity index (χ1) is 9.20. The Morgan fingerprint density at radius 1 is 1.16 bits per heavy atom. The van der Waals surface area contributed by atoms with Crippen molar-refractivity contribution in [2.45, 2.75) is 6.42 Å². The second kappa shape index (κ2) is 6.19. The molecular formula is C13H13F2N3O. The molecule has 0 spiro atoms. The molecule has 0 amide bonds. The summed E-state index contributed by atoms with van der Waals surface area (Å²) in [6.45, 7) is 0.645. The van der Waals surface area contributed by atoms with Crippen LogP contribution in [0.25, 0.3) is 11.1 Å². The van der Waals surface area contributed by atoms with Gasteiger partial charge in [-0.05, 0) is 18.6 Å². The molecule has 2 rings (SSSR count). The fraction of sp³-hybridized carbons (Fsp3) is 0.231. The van der Waals surface area contributed by atoms with Gasteiger partial charge in [-0.25, -0.2) is 18.7 Å². The quantitative estimate of drug-likeness (QED) is 0.814. The van der Waals surface area contributed by atoms with Crippen molar-refractivity contribution in [3.63, 3.8) is 0 Å². The molecule has 1 heterocycles. The number of aliphatic hydroxyl groups excluding tert-OH is 1. The summed E-state index contributed by atoms with van der Waals surface area (Å²) in [4.78, 5) is 8.05. The fourth-order valence-corrected chi connectivity index (χ4v) is 1.56. The van der Waals surface area contributed by atoms with Crippen LogP contribution in [0.15, 0.2) is 30.6 Å². The predicted molar refractivity (Wildman–Crippen MR) is 67.6 cm³/mol. The third-order valence-corrected chi connectivity index (χ3v) is 2.51. The van der Waals surface area contributed by atoms with Crippen LogP contribution in [0.1, 0.15) is 6.42 Å². The molecule has 0 unspecified atom stereocenters. The van der Waals surface area contributed by atoms with Crippen molar-refractivity contribution in [3.05, 3.63) is 42.2 Å². The van der Waals surface area contributed by atoms with Crippen molar-refractivity contribution in [3.8, 4) is 11.1 Å². The molecule has 19 heavy (non-hydrogen) atoms. The van der Waals surface area contributed by atoms with Crippen molar-refractivity contribution < 1.29 is 13.9 Å². The lowest BCUT2D eigenvalue weighted by molar-refractivity contribution is 0.292. The molecule has 2 aromatic rings. The number of aromatic nitrogens is 2. The Hall–Kier alpha value is -2.08. The summed E-state index contributed by atoms with van der Waals surface area (Å²) in [7, 11) is 0. The van der Waals surface area contributed by atoms with Crippen LogP contribution in [0, 0.1) is 11.6 Å². The first-order valence-corrected chi connectivity index (χ1v) is 5.83. The van der Waals surface area contributed by atoms with Gasteiger partial charge in [0.1, 0.15) is 11.6 Å². The van der Waals surface area contributed by atoms with Gasteiger partial charge < -0.3 is 10.4 Å². The molecule has 0 atom stereocenters. The summed E-state index contributed by atoms with van der Waals surface area (Å²) < 4.78 is 26.3. The van der Waals surface area contributed by atoms with Crippen LogP contribution in [0.2, 0.25) is 0 Å². The van der Waals surface area contributed by atoms with E-state index in [2.05, 4.69) is 15.3 Å². The van der Waals surface area contributed by atoms with Gasteiger partial charge in [0, 0.05) is 42.7 Å². The van der Waals surface area contributed by atoms with Crippen molar-refractivity contribution in [1.82, 2.24) is 9.97 Å². The Morgan fingerprint density at radius 3 is 2.53 bits per heavy atom. The Kier molecular flexibility index (Phi) is 4.35. The van der Waals surface area contributed by atoms with Crippen molar-refractivity contribution >= 4 is 5.95 Å². The highest BCUT2D eigenvalue weighted by Gasteiger charge is 2.07. The van der Waals surface area contributed by atoms with E-state index in [1.807, 2.05) is 0 Å². The molecule has 4 nitrogen and oxygen atoms in total. The Labute approximate surface area is 109 Å². The lowest BCUT2D eigenvalue weighted by atomic mass is 10.1. The number of aliphatic hydroxyl groups is 1. The zero-order valence-corrected chi connectivity index (χ0v) is 10.1. The molecule has 0 aliphatic carbocycles. The summed E-state index contributed by atoms with van der Waals surface area (Å²) in [5, 5.41) is 11.5. The van der Waals surface area contributed by atoms with E-state index in [9.17, 15) is 8.78 Å². The number of anilines is 1. The van der Waals surface area contributed by atoms with E-state index in [4.69, 9.17) is 5.11 Å². The molecule has 0 aliphatic rings. The van der Waals surface area contributed by atoms with Gasteiger partial charge in [-0.3, -0.25) is 0 Å². The summed E-state index contributed by atoms with van der Waals surface area (Å²) in [5.41, 5.74) is 0.730. The topological polar surface area (TPSA) is 58.0 Å². The van der Waals surface area contributed by atoms with Gasteiger partial charge in [0.25, 0.3) is 0 Å². The van der Waals surface area contributed by atoms with Gasteiger partial charge in [0.05, 0.1) is 0 Å². The molecule has 0 fully saturated rings. The maximum Gasteiger partial charge on any atom is 0.222 e. The third kappa shape index (κ3) is 3.45. The van der Waals surface area contributed by atoms with Crippen LogP contribution < -0.4 is 5.32 Å². The van der Waals surface area contributed by atoms with Gasteiger partial charge in [0.2, 0.25) is 5.95 Å². The normalized spacial score (nSPS) is 10.5. The minimum atomic E-state index is -0.649. The lowest BCUT2D eigenvalue weighted by Gasteiger charge is -2.05. The van der Waals surface area contributed by atoms with Crippen molar-refractivity contribution in [1.29, 1.82) is 0 Å². The molecule has 2 N–H and O–H groups in total. The summed E-state index contributed by atoms with van der Waals surface area (Å²) in [5.74, 6) is -0.867. The molecule has 1 aromatic carbocycles. The minimum Gasteiger partial charge on any atom is -0.396 e. The highest BCUT2D eigenvalue weighted by molar-refractivity contribution is 5.62. The van der Waals surface area contributed by atoms with Crippen molar-refractivity contribution in [2.75, 3.05) is 18.5 Å². The van der Waals surface area contributed by atoms with Crippen LogP contribution in [0.4, 0.5) is 14.7 Å². The highest BCUT2D eigenvalue weighted by atomic mass is 19.1. The smallest absolute Gasteiger partial charge is 0.222 e. The number of hydrogen-bond donors (Lipinski definition) is 2. The van der Waals surface area contributed by atoms with E-state index in [-0.39, 0.29) is 12.2 Å². The average molecular weight is 265 g/mol. The monoisotopic (exact) mass is 265 g/mol. The Morgan fingerprint density at radius 2 is 1.89 bits per heavy atom. The van der Waals surface area contributed by atoms with Gasteiger partial charge >= 0.3 is 0 Å². The average Bonchev–Trinajstić information content (AvgIpc) is 2.40. The third-order valence-electron chi connectivity index (χ3n) is 2.51. The Bertz CT molecular complexity index is 546. The molecule has 0 saturated carbocycles. The first-order valence-electron chi connectivity index (χ1n) is 5.83. The number of halogens is 2. The largest absolute Gasteiger partial charge is 0.396 e. The fourth-order valence-electron chi connectivity index (χ4n) is 1.56. The molecule has 100 valence electrons.